The lowest BCUT2D eigenvalue weighted by Gasteiger charge is -2.09. The van der Waals surface area contributed by atoms with Crippen LogP contribution in [0.5, 0.6) is 0 Å². The van der Waals surface area contributed by atoms with Crippen LogP contribution in [0, 0.1) is 13.8 Å². The van der Waals surface area contributed by atoms with Gasteiger partial charge in [0.2, 0.25) is 5.16 Å². The highest BCUT2D eigenvalue weighted by atomic mass is 32.2. The number of aromatic nitrogens is 6. The Bertz CT molecular complexity index is 1110. The standard InChI is InChI=1S/C18H14F2N6S/c1-10-7-11(2)9-12(8-10)26-18(23-24-25-26)27-17-13-5-3-4-6-14(13)21-16(22-17)15(19)20/h3-9,15H,1-2H3. The number of hydrogen-bond acceptors (Lipinski definition) is 6. The van der Waals surface area contributed by atoms with Crippen molar-refractivity contribution in [2.24, 2.45) is 0 Å². The fourth-order valence-electron chi connectivity index (χ4n) is 2.80. The molecular weight excluding hydrogens is 370 g/mol. The summed E-state index contributed by atoms with van der Waals surface area (Å²) in [5.41, 5.74) is 3.40. The Morgan fingerprint density at radius 1 is 1.00 bits per heavy atom. The van der Waals surface area contributed by atoms with Crippen LogP contribution < -0.4 is 0 Å². The lowest BCUT2D eigenvalue weighted by Crippen LogP contribution is -2.02. The molecule has 0 atom stereocenters. The largest absolute Gasteiger partial charge is 0.297 e. The number of rotatable bonds is 4. The number of fused-ring (bicyclic) bond motifs is 1. The molecule has 0 bridgehead atoms. The Morgan fingerprint density at radius 3 is 2.48 bits per heavy atom. The van der Waals surface area contributed by atoms with Crippen LogP contribution in [0.15, 0.2) is 52.6 Å². The predicted octanol–water partition coefficient (Wildman–Crippen LogP) is 4.31. The van der Waals surface area contributed by atoms with Crippen molar-refractivity contribution in [1.82, 2.24) is 30.2 Å². The average Bonchev–Trinajstić information content (AvgIpc) is 3.09. The summed E-state index contributed by atoms with van der Waals surface area (Å²) in [5.74, 6) is -0.512. The van der Waals surface area contributed by atoms with Gasteiger partial charge in [0.05, 0.1) is 11.2 Å². The van der Waals surface area contributed by atoms with Gasteiger partial charge in [-0.05, 0) is 65.4 Å². The van der Waals surface area contributed by atoms with Gasteiger partial charge in [0, 0.05) is 5.39 Å². The van der Waals surface area contributed by atoms with E-state index in [1.54, 1.807) is 22.9 Å². The second-order valence-electron chi connectivity index (χ2n) is 6.03. The molecule has 0 aliphatic carbocycles. The highest BCUT2D eigenvalue weighted by molar-refractivity contribution is 7.99. The third-order valence-electron chi connectivity index (χ3n) is 3.86. The van der Waals surface area contributed by atoms with Crippen LogP contribution in [0.3, 0.4) is 0 Å². The van der Waals surface area contributed by atoms with Gasteiger partial charge in [0.1, 0.15) is 5.03 Å². The second kappa shape index (κ2) is 6.99. The van der Waals surface area contributed by atoms with Crippen molar-refractivity contribution >= 4 is 22.7 Å². The van der Waals surface area contributed by atoms with Gasteiger partial charge in [-0.15, -0.1) is 5.10 Å². The van der Waals surface area contributed by atoms with Crippen molar-refractivity contribution in [2.45, 2.75) is 30.5 Å². The molecule has 0 spiro atoms. The van der Waals surface area contributed by atoms with Crippen molar-refractivity contribution in [2.75, 3.05) is 0 Å². The molecule has 0 saturated carbocycles. The van der Waals surface area contributed by atoms with Crippen LogP contribution in [0.2, 0.25) is 0 Å². The van der Waals surface area contributed by atoms with Crippen LogP contribution in [-0.4, -0.2) is 30.2 Å². The molecule has 4 rings (SSSR count). The molecular formula is C18H14F2N6S. The molecule has 2 heterocycles. The number of alkyl halides is 2. The van der Waals surface area contributed by atoms with E-state index in [9.17, 15) is 8.78 Å². The van der Waals surface area contributed by atoms with Crippen LogP contribution in [0.25, 0.3) is 16.6 Å². The van der Waals surface area contributed by atoms with E-state index in [4.69, 9.17) is 0 Å². The van der Waals surface area contributed by atoms with Crippen LogP contribution in [0.4, 0.5) is 8.78 Å². The van der Waals surface area contributed by atoms with Gasteiger partial charge in [-0.25, -0.2) is 18.7 Å². The molecule has 0 unspecified atom stereocenters. The van der Waals surface area contributed by atoms with E-state index in [0.29, 0.717) is 21.1 Å². The van der Waals surface area contributed by atoms with E-state index in [1.807, 2.05) is 38.1 Å². The van der Waals surface area contributed by atoms with Crippen molar-refractivity contribution in [3.8, 4) is 5.69 Å². The van der Waals surface area contributed by atoms with E-state index in [2.05, 4.69) is 25.5 Å². The topological polar surface area (TPSA) is 69.4 Å². The summed E-state index contributed by atoms with van der Waals surface area (Å²) in [4.78, 5) is 7.97. The van der Waals surface area contributed by atoms with Crippen molar-refractivity contribution in [3.63, 3.8) is 0 Å². The summed E-state index contributed by atoms with van der Waals surface area (Å²) in [5, 5.41) is 13.3. The van der Waals surface area contributed by atoms with Gasteiger partial charge in [0.15, 0.2) is 5.82 Å². The van der Waals surface area contributed by atoms with Gasteiger partial charge in [0.25, 0.3) is 6.43 Å². The Kier molecular flexibility index (Phi) is 4.53. The number of nitrogens with zero attached hydrogens (tertiary/aromatic N) is 6. The zero-order valence-corrected chi connectivity index (χ0v) is 15.3. The number of aryl methyl sites for hydroxylation is 2. The predicted molar refractivity (Wildman–Crippen MR) is 97.2 cm³/mol. The first-order valence-corrected chi connectivity index (χ1v) is 8.92. The molecule has 2 aromatic heterocycles. The van der Waals surface area contributed by atoms with Gasteiger partial charge in [-0.2, -0.15) is 4.68 Å². The molecule has 136 valence electrons. The molecule has 0 radical (unpaired) electrons. The van der Waals surface area contributed by atoms with E-state index in [1.165, 1.54) is 0 Å². The molecule has 6 nitrogen and oxygen atoms in total. The van der Waals surface area contributed by atoms with Crippen LogP contribution >= 0.6 is 11.8 Å². The summed E-state index contributed by atoms with van der Waals surface area (Å²) in [7, 11) is 0. The Balaban J connectivity index is 1.81. The van der Waals surface area contributed by atoms with E-state index in [-0.39, 0.29) is 0 Å². The number of hydrogen-bond donors (Lipinski definition) is 0. The lowest BCUT2D eigenvalue weighted by molar-refractivity contribution is 0.140. The quantitative estimate of drug-likeness (QED) is 0.488. The minimum Gasteiger partial charge on any atom is -0.227 e. The Labute approximate surface area is 157 Å². The summed E-state index contributed by atoms with van der Waals surface area (Å²) < 4.78 is 28.0. The van der Waals surface area contributed by atoms with Gasteiger partial charge in [-0.3, -0.25) is 0 Å². The molecule has 27 heavy (non-hydrogen) atoms. The number of benzene rings is 2. The van der Waals surface area contributed by atoms with Crippen molar-refractivity contribution in [1.29, 1.82) is 0 Å². The smallest absolute Gasteiger partial charge is 0.227 e. The first-order chi connectivity index (χ1) is 13.0. The molecule has 2 aromatic carbocycles. The molecule has 0 fully saturated rings. The monoisotopic (exact) mass is 384 g/mol. The van der Waals surface area contributed by atoms with Gasteiger partial charge in [-0.1, -0.05) is 24.3 Å². The fraction of sp³-hybridized carbons (Fsp3) is 0.167. The maximum atomic E-state index is 13.2. The first-order valence-electron chi connectivity index (χ1n) is 8.11. The summed E-state index contributed by atoms with van der Waals surface area (Å²) >= 11 is 1.13. The third kappa shape index (κ3) is 3.50. The fourth-order valence-corrected chi connectivity index (χ4v) is 3.70. The normalized spacial score (nSPS) is 11.4. The first kappa shape index (κ1) is 17.5. The minimum absolute atomic E-state index is 0.385. The zero-order valence-electron chi connectivity index (χ0n) is 14.5. The number of tetrazole rings is 1. The SMILES string of the molecule is Cc1cc(C)cc(-n2nnnc2Sc2nc(C(F)F)nc3ccccc23)c1. The van der Waals surface area contributed by atoms with Gasteiger partial charge >= 0.3 is 0 Å². The Hall–Kier alpha value is -2.94. The second-order valence-corrected chi connectivity index (χ2v) is 6.98. The molecule has 0 N–H and O–H groups in total. The summed E-state index contributed by atoms with van der Waals surface area (Å²) in [6.45, 7) is 3.97. The molecule has 0 saturated heterocycles. The van der Waals surface area contributed by atoms with Crippen LogP contribution in [0.1, 0.15) is 23.4 Å². The maximum Gasteiger partial charge on any atom is 0.297 e. The van der Waals surface area contributed by atoms with Crippen molar-refractivity contribution < 1.29 is 8.78 Å². The average molecular weight is 384 g/mol. The van der Waals surface area contributed by atoms with E-state index < -0.39 is 12.2 Å². The maximum absolute atomic E-state index is 13.2. The highest BCUT2D eigenvalue weighted by Crippen LogP contribution is 2.32. The number of para-hydroxylation sites is 1. The lowest BCUT2D eigenvalue weighted by atomic mass is 10.1. The number of halogens is 2. The van der Waals surface area contributed by atoms with E-state index >= 15 is 0 Å². The molecule has 0 aliphatic heterocycles. The molecule has 0 amide bonds. The summed E-state index contributed by atoms with van der Waals surface area (Å²) in [6.07, 6.45) is -2.76. The van der Waals surface area contributed by atoms with E-state index in [0.717, 1.165) is 28.6 Å². The zero-order chi connectivity index (χ0) is 19.0. The molecule has 4 aromatic rings. The summed E-state index contributed by atoms with van der Waals surface area (Å²) in [6, 6.07) is 13.0. The molecule has 9 heteroatoms. The molecule has 0 aliphatic rings. The van der Waals surface area contributed by atoms with Crippen molar-refractivity contribution in [3.05, 3.63) is 59.4 Å². The third-order valence-corrected chi connectivity index (χ3v) is 4.80. The minimum atomic E-state index is -2.76. The van der Waals surface area contributed by atoms with Crippen LogP contribution in [-0.2, 0) is 0 Å². The highest BCUT2D eigenvalue weighted by Gasteiger charge is 2.18. The Morgan fingerprint density at radius 2 is 1.74 bits per heavy atom. The van der Waals surface area contributed by atoms with Gasteiger partial charge < -0.3 is 0 Å².